The van der Waals surface area contributed by atoms with Crippen LogP contribution >= 0.6 is 0 Å². The summed E-state index contributed by atoms with van der Waals surface area (Å²) < 4.78 is 0. The molecule has 0 aromatic rings. The van der Waals surface area contributed by atoms with Crippen molar-refractivity contribution in [3.63, 3.8) is 0 Å². The predicted molar refractivity (Wildman–Crippen MR) is 39.3 cm³/mol. The summed E-state index contributed by atoms with van der Waals surface area (Å²) in [6.07, 6.45) is 6.05. The molecule has 2 aliphatic rings. The minimum absolute atomic E-state index is 0.00838. The molecule has 0 bridgehead atoms. The highest BCUT2D eigenvalue weighted by Gasteiger charge is 2.27. The number of nitrogens with one attached hydrogen (secondary N) is 1. The molecule has 3 heteroatoms. The van der Waals surface area contributed by atoms with Crippen LogP contribution in [0.25, 0.3) is 0 Å². The summed E-state index contributed by atoms with van der Waals surface area (Å²) in [7, 11) is 0. The Morgan fingerprint density at radius 3 is 3.45 bits per heavy atom. The zero-order valence-corrected chi connectivity index (χ0v) is 6.30. The van der Waals surface area contributed by atoms with Gasteiger partial charge in [-0.3, -0.25) is 4.79 Å². The Labute approximate surface area is 65.4 Å². The van der Waals surface area contributed by atoms with Crippen molar-refractivity contribution in [2.75, 3.05) is 0 Å². The summed E-state index contributed by atoms with van der Waals surface area (Å²) in [5, 5.41) is 0. The molecular formula is C8H11NO2. The van der Waals surface area contributed by atoms with Gasteiger partial charge in [-0.05, 0) is 25.3 Å². The second kappa shape index (κ2) is 2.57. The average molecular weight is 153 g/mol. The van der Waals surface area contributed by atoms with Crippen molar-refractivity contribution in [2.24, 2.45) is 5.92 Å². The fraction of sp³-hybridized carbons (Fsp3) is 0.625. The van der Waals surface area contributed by atoms with Crippen molar-refractivity contribution >= 4 is 5.91 Å². The standard InChI is InChI=1S/C8H11NO2/c10-8-5-6-3-1-2-4-7(6)11-9-8/h4,6H,1-3,5H2,(H,9,10). The fourth-order valence-electron chi connectivity index (χ4n) is 1.63. The van der Waals surface area contributed by atoms with Gasteiger partial charge in [0.2, 0.25) is 0 Å². The molecule has 0 aromatic heterocycles. The Bertz CT molecular complexity index is 210. The normalized spacial score (nSPS) is 29.6. The average Bonchev–Trinajstić information content (AvgIpc) is 2.04. The van der Waals surface area contributed by atoms with E-state index in [4.69, 9.17) is 4.84 Å². The summed E-state index contributed by atoms with van der Waals surface area (Å²) in [6.45, 7) is 0. The molecule has 3 nitrogen and oxygen atoms in total. The Kier molecular flexibility index (Phi) is 1.56. The van der Waals surface area contributed by atoms with Crippen LogP contribution in [-0.4, -0.2) is 5.91 Å². The molecule has 1 saturated heterocycles. The zero-order chi connectivity index (χ0) is 7.68. The number of hydrogen-bond donors (Lipinski definition) is 1. The molecule has 1 aliphatic carbocycles. The van der Waals surface area contributed by atoms with Crippen molar-refractivity contribution < 1.29 is 9.63 Å². The van der Waals surface area contributed by atoms with Gasteiger partial charge < -0.3 is 4.84 Å². The van der Waals surface area contributed by atoms with Crippen LogP contribution in [0.15, 0.2) is 11.8 Å². The molecule has 1 heterocycles. The van der Waals surface area contributed by atoms with E-state index in [1.54, 1.807) is 0 Å². The highest BCUT2D eigenvalue weighted by atomic mass is 16.7. The summed E-state index contributed by atoms with van der Waals surface area (Å²) in [6, 6.07) is 0. The maximum absolute atomic E-state index is 10.9. The van der Waals surface area contributed by atoms with Crippen LogP contribution in [0, 0.1) is 5.92 Å². The van der Waals surface area contributed by atoms with Gasteiger partial charge in [0.15, 0.2) is 0 Å². The second-order valence-electron chi connectivity index (χ2n) is 3.07. The number of rotatable bonds is 0. The first-order chi connectivity index (χ1) is 5.36. The number of allylic oxidation sites excluding steroid dienone is 2. The molecule has 1 aliphatic heterocycles. The van der Waals surface area contributed by atoms with Crippen molar-refractivity contribution in [1.29, 1.82) is 0 Å². The van der Waals surface area contributed by atoms with E-state index in [2.05, 4.69) is 11.6 Å². The molecule has 1 N–H and O–H groups in total. The summed E-state index contributed by atoms with van der Waals surface area (Å²) in [4.78, 5) is 15.9. The number of carbonyl (C=O) groups is 1. The first kappa shape index (κ1) is 6.70. The largest absolute Gasteiger partial charge is 0.384 e. The molecule has 0 aromatic carbocycles. The van der Waals surface area contributed by atoms with Crippen LogP contribution in [0.4, 0.5) is 0 Å². The van der Waals surface area contributed by atoms with Gasteiger partial charge in [-0.25, -0.2) is 0 Å². The van der Waals surface area contributed by atoms with E-state index in [9.17, 15) is 4.79 Å². The number of carbonyl (C=O) groups excluding carboxylic acids is 1. The van der Waals surface area contributed by atoms with E-state index in [1.165, 1.54) is 6.42 Å². The maximum atomic E-state index is 10.9. The fourth-order valence-corrected chi connectivity index (χ4v) is 1.63. The van der Waals surface area contributed by atoms with Crippen LogP contribution < -0.4 is 5.48 Å². The molecule has 11 heavy (non-hydrogen) atoms. The quantitative estimate of drug-likeness (QED) is 0.566. The maximum Gasteiger partial charge on any atom is 0.253 e. The number of amides is 1. The Balaban J connectivity index is 2.12. The van der Waals surface area contributed by atoms with Crippen LogP contribution in [0.2, 0.25) is 0 Å². The molecular weight excluding hydrogens is 142 g/mol. The molecule has 1 unspecified atom stereocenters. The molecule has 0 radical (unpaired) electrons. The highest BCUT2D eigenvalue weighted by molar-refractivity contribution is 5.76. The van der Waals surface area contributed by atoms with E-state index >= 15 is 0 Å². The van der Waals surface area contributed by atoms with Crippen molar-refractivity contribution in [3.05, 3.63) is 11.8 Å². The molecule has 1 fully saturated rings. The predicted octanol–water partition coefficient (Wildman–Crippen LogP) is 1.12. The molecule has 60 valence electrons. The Hall–Kier alpha value is -0.990. The lowest BCUT2D eigenvalue weighted by Gasteiger charge is -2.27. The number of fused-ring (bicyclic) bond motifs is 1. The van der Waals surface area contributed by atoms with Crippen molar-refractivity contribution in [1.82, 2.24) is 5.48 Å². The van der Waals surface area contributed by atoms with Crippen molar-refractivity contribution in [3.8, 4) is 0 Å². The molecule has 0 spiro atoms. The van der Waals surface area contributed by atoms with Gasteiger partial charge in [0.1, 0.15) is 5.76 Å². The van der Waals surface area contributed by atoms with E-state index < -0.39 is 0 Å². The first-order valence-electron chi connectivity index (χ1n) is 4.02. The van der Waals surface area contributed by atoms with Gasteiger partial charge in [0.05, 0.1) is 0 Å². The minimum Gasteiger partial charge on any atom is -0.384 e. The molecule has 0 saturated carbocycles. The number of hydroxylamine groups is 1. The second-order valence-corrected chi connectivity index (χ2v) is 3.07. The van der Waals surface area contributed by atoms with Crippen LogP contribution in [0.3, 0.4) is 0 Å². The van der Waals surface area contributed by atoms with Gasteiger partial charge in [-0.15, -0.1) is 0 Å². The molecule has 2 rings (SSSR count). The van der Waals surface area contributed by atoms with Gasteiger partial charge in [-0.1, -0.05) is 0 Å². The third-order valence-corrected chi connectivity index (χ3v) is 2.22. The van der Waals surface area contributed by atoms with Crippen LogP contribution in [0.5, 0.6) is 0 Å². The lowest BCUT2D eigenvalue weighted by molar-refractivity contribution is -0.137. The highest BCUT2D eigenvalue weighted by Crippen LogP contribution is 2.29. The van der Waals surface area contributed by atoms with Crippen molar-refractivity contribution in [2.45, 2.75) is 25.7 Å². The first-order valence-corrected chi connectivity index (χ1v) is 4.02. The Morgan fingerprint density at radius 1 is 1.64 bits per heavy atom. The lowest BCUT2D eigenvalue weighted by atomic mass is 9.90. The smallest absolute Gasteiger partial charge is 0.253 e. The zero-order valence-electron chi connectivity index (χ0n) is 6.30. The number of hydrogen-bond acceptors (Lipinski definition) is 2. The Morgan fingerprint density at radius 2 is 2.55 bits per heavy atom. The minimum atomic E-state index is 0.00838. The van der Waals surface area contributed by atoms with E-state index in [0.29, 0.717) is 12.3 Å². The summed E-state index contributed by atoms with van der Waals surface area (Å²) in [5.74, 6) is 1.34. The van der Waals surface area contributed by atoms with Gasteiger partial charge in [0, 0.05) is 12.3 Å². The summed E-state index contributed by atoms with van der Waals surface area (Å²) >= 11 is 0. The lowest BCUT2D eigenvalue weighted by Crippen LogP contribution is -2.34. The van der Waals surface area contributed by atoms with Crippen LogP contribution in [0.1, 0.15) is 25.7 Å². The monoisotopic (exact) mass is 153 g/mol. The molecule has 1 amide bonds. The third kappa shape index (κ3) is 1.23. The van der Waals surface area contributed by atoms with E-state index in [-0.39, 0.29) is 5.91 Å². The van der Waals surface area contributed by atoms with E-state index in [1.807, 2.05) is 0 Å². The topological polar surface area (TPSA) is 38.3 Å². The molecule has 1 atom stereocenters. The van der Waals surface area contributed by atoms with Gasteiger partial charge >= 0.3 is 0 Å². The van der Waals surface area contributed by atoms with E-state index in [0.717, 1.165) is 18.6 Å². The third-order valence-electron chi connectivity index (χ3n) is 2.22. The van der Waals surface area contributed by atoms with Gasteiger partial charge in [0.25, 0.3) is 5.91 Å². The summed E-state index contributed by atoms with van der Waals surface area (Å²) in [5.41, 5.74) is 2.37. The van der Waals surface area contributed by atoms with Crippen LogP contribution in [-0.2, 0) is 9.63 Å². The van der Waals surface area contributed by atoms with Gasteiger partial charge in [-0.2, -0.15) is 5.48 Å². The SMILES string of the molecule is O=C1CC2CCCC=C2ON1.